The van der Waals surface area contributed by atoms with Crippen LogP contribution < -0.4 is 10.2 Å². The van der Waals surface area contributed by atoms with Gasteiger partial charge in [-0.25, -0.2) is 0 Å². The van der Waals surface area contributed by atoms with Crippen molar-refractivity contribution in [2.75, 3.05) is 24.6 Å². The fourth-order valence-corrected chi connectivity index (χ4v) is 2.54. The van der Waals surface area contributed by atoms with Crippen LogP contribution in [-0.4, -0.2) is 36.6 Å². The molecule has 1 aromatic rings. The molecule has 21 heavy (non-hydrogen) atoms. The Bertz CT molecular complexity index is 551. The van der Waals surface area contributed by atoms with Crippen LogP contribution in [0, 0.1) is 5.92 Å². The van der Waals surface area contributed by atoms with Gasteiger partial charge in [-0.05, 0) is 31.0 Å². The summed E-state index contributed by atoms with van der Waals surface area (Å²) in [7, 11) is 0. The van der Waals surface area contributed by atoms with Crippen LogP contribution in [0.1, 0.15) is 12.8 Å². The molecule has 1 aliphatic heterocycles. The first-order chi connectivity index (χ1) is 10.0. The van der Waals surface area contributed by atoms with E-state index in [9.17, 15) is 9.59 Å². The maximum absolute atomic E-state index is 12.3. The summed E-state index contributed by atoms with van der Waals surface area (Å²) in [5.41, 5.74) is 0.639. The lowest BCUT2D eigenvalue weighted by atomic mass is 10.1. The van der Waals surface area contributed by atoms with Gasteiger partial charge in [0.2, 0.25) is 11.8 Å². The standard InChI is InChI=1S/C14H16Cl2N2O3/c15-11-3-2-9(8-12(11)16)18-6-4-10(14(18)21)13(20)17-5-1-7-19/h2-3,8,10,19H,1,4-7H2,(H,17,20). The van der Waals surface area contributed by atoms with Crippen molar-refractivity contribution in [3.63, 3.8) is 0 Å². The van der Waals surface area contributed by atoms with E-state index in [1.165, 1.54) is 0 Å². The van der Waals surface area contributed by atoms with Crippen LogP contribution in [0.15, 0.2) is 18.2 Å². The van der Waals surface area contributed by atoms with E-state index < -0.39 is 5.92 Å². The molecule has 7 heteroatoms. The van der Waals surface area contributed by atoms with Crippen LogP contribution in [0.3, 0.4) is 0 Å². The van der Waals surface area contributed by atoms with Crippen molar-refractivity contribution in [3.8, 4) is 0 Å². The minimum Gasteiger partial charge on any atom is -0.396 e. The third kappa shape index (κ3) is 3.67. The Kier molecular flexibility index (Phi) is 5.45. The van der Waals surface area contributed by atoms with E-state index in [1.54, 1.807) is 23.1 Å². The highest BCUT2D eigenvalue weighted by atomic mass is 35.5. The molecule has 0 spiro atoms. The average molecular weight is 331 g/mol. The number of aliphatic hydroxyl groups excluding tert-OH is 1. The lowest BCUT2D eigenvalue weighted by Gasteiger charge is -2.17. The molecule has 0 aliphatic carbocycles. The molecule has 1 aliphatic rings. The summed E-state index contributed by atoms with van der Waals surface area (Å²) in [6.45, 7) is 0.842. The van der Waals surface area contributed by atoms with E-state index in [0.717, 1.165) is 0 Å². The van der Waals surface area contributed by atoms with Gasteiger partial charge in [0.1, 0.15) is 5.92 Å². The number of amides is 2. The Labute approximate surface area is 132 Å². The van der Waals surface area contributed by atoms with Crippen LogP contribution in [0.2, 0.25) is 10.0 Å². The van der Waals surface area contributed by atoms with Crippen molar-refractivity contribution < 1.29 is 14.7 Å². The lowest BCUT2D eigenvalue weighted by Crippen LogP contribution is -2.37. The number of rotatable bonds is 5. The second kappa shape index (κ2) is 7.11. The Hall–Kier alpha value is -1.30. The van der Waals surface area contributed by atoms with E-state index in [0.29, 0.717) is 41.7 Å². The Balaban J connectivity index is 2.03. The van der Waals surface area contributed by atoms with Crippen LogP contribution >= 0.6 is 23.2 Å². The molecule has 2 N–H and O–H groups in total. The summed E-state index contributed by atoms with van der Waals surface area (Å²) < 4.78 is 0. The summed E-state index contributed by atoms with van der Waals surface area (Å²) in [5.74, 6) is -1.22. The SMILES string of the molecule is O=C(NCCCO)C1CCN(c2ccc(Cl)c(Cl)c2)C1=O. The van der Waals surface area contributed by atoms with Gasteiger partial charge < -0.3 is 15.3 Å². The third-order valence-electron chi connectivity index (χ3n) is 3.37. The summed E-state index contributed by atoms with van der Waals surface area (Å²) >= 11 is 11.8. The molecule has 0 radical (unpaired) electrons. The molecule has 0 aromatic heterocycles. The highest BCUT2D eigenvalue weighted by molar-refractivity contribution is 6.42. The van der Waals surface area contributed by atoms with Crippen molar-refractivity contribution in [3.05, 3.63) is 28.2 Å². The van der Waals surface area contributed by atoms with E-state index in [2.05, 4.69) is 5.32 Å². The normalized spacial score (nSPS) is 18.1. The van der Waals surface area contributed by atoms with Gasteiger partial charge in [0.25, 0.3) is 0 Å². The van der Waals surface area contributed by atoms with Gasteiger partial charge in [0, 0.05) is 25.4 Å². The second-order valence-corrected chi connectivity index (χ2v) is 5.61. The number of hydrogen-bond donors (Lipinski definition) is 2. The van der Waals surface area contributed by atoms with Crippen molar-refractivity contribution in [2.24, 2.45) is 5.92 Å². The smallest absolute Gasteiger partial charge is 0.239 e. The number of aliphatic hydroxyl groups is 1. The predicted octanol–water partition coefficient (Wildman–Crippen LogP) is 1.84. The molecule has 1 fully saturated rings. The molecule has 1 aromatic carbocycles. The summed E-state index contributed by atoms with van der Waals surface area (Å²) in [4.78, 5) is 25.8. The Morgan fingerprint density at radius 2 is 2.14 bits per heavy atom. The quantitative estimate of drug-likeness (QED) is 0.639. The average Bonchev–Trinajstić information content (AvgIpc) is 2.84. The van der Waals surface area contributed by atoms with Gasteiger partial charge in [-0.3, -0.25) is 9.59 Å². The monoisotopic (exact) mass is 330 g/mol. The zero-order chi connectivity index (χ0) is 15.4. The van der Waals surface area contributed by atoms with Crippen LogP contribution in [0.4, 0.5) is 5.69 Å². The molecule has 1 unspecified atom stereocenters. The third-order valence-corrected chi connectivity index (χ3v) is 4.11. The Morgan fingerprint density at radius 1 is 1.38 bits per heavy atom. The molecule has 1 saturated heterocycles. The lowest BCUT2D eigenvalue weighted by molar-refractivity contribution is -0.132. The fourth-order valence-electron chi connectivity index (χ4n) is 2.25. The maximum Gasteiger partial charge on any atom is 0.239 e. The van der Waals surface area contributed by atoms with E-state index in [4.69, 9.17) is 28.3 Å². The highest BCUT2D eigenvalue weighted by Crippen LogP contribution is 2.31. The molecule has 1 heterocycles. The molecule has 2 amide bonds. The Morgan fingerprint density at radius 3 is 2.81 bits per heavy atom. The minimum atomic E-state index is -0.682. The van der Waals surface area contributed by atoms with Crippen LogP contribution in [-0.2, 0) is 9.59 Å². The van der Waals surface area contributed by atoms with Crippen molar-refractivity contribution in [2.45, 2.75) is 12.8 Å². The number of nitrogens with zero attached hydrogens (tertiary/aromatic N) is 1. The van der Waals surface area contributed by atoms with Gasteiger partial charge in [-0.2, -0.15) is 0 Å². The van der Waals surface area contributed by atoms with Crippen molar-refractivity contribution >= 4 is 40.7 Å². The zero-order valence-electron chi connectivity index (χ0n) is 11.3. The molecular weight excluding hydrogens is 315 g/mol. The van der Waals surface area contributed by atoms with E-state index in [1.807, 2.05) is 0 Å². The zero-order valence-corrected chi connectivity index (χ0v) is 12.8. The molecule has 2 rings (SSSR count). The molecular formula is C14H16Cl2N2O3. The van der Waals surface area contributed by atoms with Crippen molar-refractivity contribution in [1.82, 2.24) is 5.32 Å². The predicted molar refractivity (Wildman–Crippen MR) is 81.6 cm³/mol. The largest absolute Gasteiger partial charge is 0.396 e. The molecule has 1 atom stereocenters. The molecule has 114 valence electrons. The topological polar surface area (TPSA) is 69.6 Å². The number of carbonyl (C=O) groups excluding carboxylic acids is 2. The number of carbonyl (C=O) groups is 2. The first-order valence-electron chi connectivity index (χ1n) is 6.69. The molecule has 5 nitrogen and oxygen atoms in total. The number of hydrogen-bond acceptors (Lipinski definition) is 3. The van der Waals surface area contributed by atoms with Gasteiger partial charge >= 0.3 is 0 Å². The first kappa shape index (κ1) is 16.1. The molecule has 0 saturated carbocycles. The number of halogens is 2. The van der Waals surface area contributed by atoms with Gasteiger partial charge in [-0.1, -0.05) is 23.2 Å². The minimum absolute atomic E-state index is 0.00823. The first-order valence-corrected chi connectivity index (χ1v) is 7.45. The number of nitrogens with one attached hydrogen (secondary N) is 1. The van der Waals surface area contributed by atoms with Crippen LogP contribution in [0.5, 0.6) is 0 Å². The number of anilines is 1. The summed E-state index contributed by atoms with van der Waals surface area (Å²) in [6.07, 6.45) is 0.938. The highest BCUT2D eigenvalue weighted by Gasteiger charge is 2.37. The maximum atomic E-state index is 12.3. The van der Waals surface area contributed by atoms with Crippen molar-refractivity contribution in [1.29, 1.82) is 0 Å². The second-order valence-electron chi connectivity index (χ2n) is 4.80. The van der Waals surface area contributed by atoms with Gasteiger partial charge in [0.15, 0.2) is 0 Å². The van der Waals surface area contributed by atoms with Gasteiger partial charge in [-0.15, -0.1) is 0 Å². The summed E-state index contributed by atoms with van der Waals surface area (Å²) in [6, 6.07) is 4.95. The fraction of sp³-hybridized carbons (Fsp3) is 0.429. The van der Waals surface area contributed by atoms with Gasteiger partial charge in [0.05, 0.1) is 10.0 Å². The number of benzene rings is 1. The van der Waals surface area contributed by atoms with Crippen LogP contribution in [0.25, 0.3) is 0 Å². The summed E-state index contributed by atoms with van der Waals surface area (Å²) in [5, 5.41) is 12.1. The van der Waals surface area contributed by atoms with E-state index >= 15 is 0 Å². The molecule has 0 bridgehead atoms. The van der Waals surface area contributed by atoms with E-state index in [-0.39, 0.29) is 18.4 Å².